The average Bonchev–Trinajstić information content (AvgIpc) is 3.33. The maximum atomic E-state index is 12.5. The highest BCUT2D eigenvalue weighted by atomic mass is 32.2. The van der Waals surface area contributed by atoms with Crippen LogP contribution in [0.4, 0.5) is 0 Å². The number of carbonyl (C=O) groups excluding carboxylic acids is 1. The fourth-order valence-corrected chi connectivity index (χ4v) is 7.05. The van der Waals surface area contributed by atoms with Gasteiger partial charge in [-0.05, 0) is 30.7 Å². The topological polar surface area (TPSA) is 59.0 Å². The highest BCUT2D eigenvalue weighted by Crippen LogP contribution is 2.34. The summed E-state index contributed by atoms with van der Waals surface area (Å²) in [6, 6.07) is 8.30. The van der Waals surface area contributed by atoms with Crippen molar-refractivity contribution in [3.63, 3.8) is 0 Å². The molecule has 2 aromatic heterocycles. The van der Waals surface area contributed by atoms with Gasteiger partial charge in [0.25, 0.3) is 0 Å². The highest BCUT2D eigenvalue weighted by molar-refractivity contribution is 8.03. The van der Waals surface area contributed by atoms with E-state index in [2.05, 4.69) is 35.3 Å². The molecule has 0 bridgehead atoms. The molecule has 1 amide bonds. The summed E-state index contributed by atoms with van der Waals surface area (Å²) < 4.78 is 3.10. The molecular weight excluding hydrogens is 416 g/mol. The zero-order chi connectivity index (χ0) is 18.6. The van der Waals surface area contributed by atoms with E-state index < -0.39 is 0 Å². The molecule has 0 atom stereocenters. The Labute approximate surface area is 175 Å². The number of rotatable bonds is 6. The summed E-state index contributed by atoms with van der Waals surface area (Å²) in [5, 5.41) is 9.51. The fraction of sp³-hybridized carbons (Fsp3) is 0.444. The average molecular weight is 437 g/mol. The van der Waals surface area contributed by atoms with E-state index in [1.165, 1.54) is 21.5 Å². The van der Waals surface area contributed by atoms with E-state index in [0.717, 1.165) is 45.9 Å². The first kappa shape index (κ1) is 19.2. The maximum absolute atomic E-state index is 12.5. The number of likely N-dealkylation sites (tertiary alicyclic amines) is 1. The number of para-hydroxylation sites is 1. The van der Waals surface area contributed by atoms with Crippen LogP contribution in [0, 0.1) is 0 Å². The molecule has 0 aliphatic carbocycles. The van der Waals surface area contributed by atoms with Crippen molar-refractivity contribution in [2.75, 3.05) is 24.6 Å². The van der Waals surface area contributed by atoms with Crippen LogP contribution in [-0.2, 0) is 4.79 Å². The van der Waals surface area contributed by atoms with Gasteiger partial charge < -0.3 is 4.90 Å². The SMILES string of the molecule is CCSc1nnc(SCC(=O)N2CCC(c3nc4ccccc4s3)CC2)s1. The lowest BCUT2D eigenvalue weighted by Crippen LogP contribution is -2.38. The lowest BCUT2D eigenvalue weighted by atomic mass is 9.97. The number of amides is 1. The van der Waals surface area contributed by atoms with Crippen LogP contribution in [0.3, 0.4) is 0 Å². The van der Waals surface area contributed by atoms with Gasteiger partial charge in [0.15, 0.2) is 8.68 Å². The number of hydrogen-bond acceptors (Lipinski definition) is 8. The minimum absolute atomic E-state index is 0.197. The predicted octanol–water partition coefficient (Wildman–Crippen LogP) is 4.76. The first-order valence-corrected chi connectivity index (χ1v) is 12.6. The Kier molecular flexibility index (Phi) is 6.31. The Morgan fingerprint density at radius 3 is 2.63 bits per heavy atom. The Balaban J connectivity index is 1.28. The van der Waals surface area contributed by atoms with E-state index in [1.54, 1.807) is 34.4 Å². The maximum Gasteiger partial charge on any atom is 0.233 e. The number of aromatic nitrogens is 3. The van der Waals surface area contributed by atoms with Crippen molar-refractivity contribution in [1.29, 1.82) is 0 Å². The van der Waals surface area contributed by atoms with Gasteiger partial charge in [0.1, 0.15) is 0 Å². The zero-order valence-electron chi connectivity index (χ0n) is 15.0. The molecule has 3 aromatic rings. The molecule has 0 unspecified atom stereocenters. The molecule has 9 heteroatoms. The first-order chi connectivity index (χ1) is 13.2. The van der Waals surface area contributed by atoms with Gasteiger partial charge in [-0.15, -0.1) is 21.5 Å². The highest BCUT2D eigenvalue weighted by Gasteiger charge is 2.26. The van der Waals surface area contributed by atoms with E-state index in [0.29, 0.717) is 11.7 Å². The van der Waals surface area contributed by atoms with Crippen molar-refractivity contribution in [2.45, 2.75) is 34.4 Å². The molecule has 3 heterocycles. The lowest BCUT2D eigenvalue weighted by Gasteiger charge is -2.31. The lowest BCUT2D eigenvalue weighted by molar-refractivity contribution is -0.129. The van der Waals surface area contributed by atoms with Gasteiger partial charge in [-0.3, -0.25) is 4.79 Å². The van der Waals surface area contributed by atoms with Crippen molar-refractivity contribution in [3.8, 4) is 0 Å². The van der Waals surface area contributed by atoms with E-state index in [-0.39, 0.29) is 5.91 Å². The molecule has 0 radical (unpaired) electrons. The molecule has 1 saturated heterocycles. The predicted molar refractivity (Wildman–Crippen MR) is 115 cm³/mol. The van der Waals surface area contributed by atoms with E-state index in [1.807, 2.05) is 11.0 Å². The number of piperidine rings is 1. The van der Waals surface area contributed by atoms with Gasteiger partial charge >= 0.3 is 0 Å². The Bertz CT molecular complexity index is 884. The van der Waals surface area contributed by atoms with E-state index in [4.69, 9.17) is 4.98 Å². The van der Waals surface area contributed by atoms with Crippen molar-refractivity contribution in [2.24, 2.45) is 0 Å². The number of fused-ring (bicyclic) bond motifs is 1. The molecule has 0 N–H and O–H groups in total. The van der Waals surface area contributed by atoms with Gasteiger partial charge in [-0.2, -0.15) is 0 Å². The van der Waals surface area contributed by atoms with Crippen LogP contribution in [0.5, 0.6) is 0 Å². The molecule has 0 spiro atoms. The third kappa shape index (κ3) is 4.64. The fourth-order valence-electron chi connectivity index (χ4n) is 3.09. The van der Waals surface area contributed by atoms with Crippen LogP contribution in [0.15, 0.2) is 32.9 Å². The van der Waals surface area contributed by atoms with Crippen LogP contribution in [-0.4, -0.2) is 50.6 Å². The Morgan fingerprint density at radius 1 is 1.15 bits per heavy atom. The molecule has 27 heavy (non-hydrogen) atoms. The number of carbonyl (C=O) groups is 1. The van der Waals surface area contributed by atoms with Crippen LogP contribution in [0.25, 0.3) is 10.2 Å². The van der Waals surface area contributed by atoms with Crippen LogP contribution in [0.2, 0.25) is 0 Å². The molecular formula is C18H20N4OS4. The second-order valence-electron chi connectivity index (χ2n) is 6.23. The van der Waals surface area contributed by atoms with Crippen LogP contribution < -0.4 is 0 Å². The molecule has 1 aliphatic rings. The summed E-state index contributed by atoms with van der Waals surface area (Å²) >= 11 is 6.55. The second kappa shape index (κ2) is 8.89. The largest absolute Gasteiger partial charge is 0.342 e. The summed E-state index contributed by atoms with van der Waals surface area (Å²) in [6.07, 6.45) is 1.98. The van der Waals surface area contributed by atoms with Gasteiger partial charge in [0, 0.05) is 19.0 Å². The normalized spacial score (nSPS) is 15.5. The van der Waals surface area contributed by atoms with Gasteiger partial charge in [-0.1, -0.05) is 53.9 Å². The number of thioether (sulfide) groups is 2. The van der Waals surface area contributed by atoms with Crippen molar-refractivity contribution in [1.82, 2.24) is 20.1 Å². The minimum Gasteiger partial charge on any atom is -0.342 e. The standard InChI is InChI=1S/C18H20N4OS4/c1-2-24-17-20-21-18(27-17)25-11-15(23)22-9-7-12(8-10-22)16-19-13-5-3-4-6-14(13)26-16/h3-6,12H,2,7-11H2,1H3. The molecule has 1 aliphatic heterocycles. The molecule has 4 rings (SSSR count). The quantitative estimate of drug-likeness (QED) is 0.519. The van der Waals surface area contributed by atoms with Crippen molar-refractivity contribution >= 4 is 62.3 Å². The van der Waals surface area contributed by atoms with Crippen LogP contribution >= 0.6 is 46.2 Å². The smallest absolute Gasteiger partial charge is 0.233 e. The number of nitrogens with zero attached hydrogens (tertiary/aromatic N) is 4. The third-order valence-corrected chi connectivity index (χ3v) is 8.74. The van der Waals surface area contributed by atoms with Gasteiger partial charge in [-0.25, -0.2) is 4.98 Å². The Hall–Kier alpha value is -1.16. The zero-order valence-corrected chi connectivity index (χ0v) is 18.2. The second-order valence-corrected chi connectivity index (χ2v) is 11.0. The molecule has 0 saturated carbocycles. The summed E-state index contributed by atoms with van der Waals surface area (Å²) in [6.45, 7) is 3.72. The third-order valence-electron chi connectivity index (χ3n) is 4.48. The molecule has 5 nitrogen and oxygen atoms in total. The first-order valence-electron chi connectivity index (χ1n) is 8.95. The molecule has 142 valence electrons. The van der Waals surface area contributed by atoms with Gasteiger partial charge in [0.05, 0.1) is 21.0 Å². The van der Waals surface area contributed by atoms with E-state index >= 15 is 0 Å². The van der Waals surface area contributed by atoms with Crippen molar-refractivity contribution in [3.05, 3.63) is 29.3 Å². The number of hydrogen-bond donors (Lipinski definition) is 0. The van der Waals surface area contributed by atoms with Gasteiger partial charge in [0.2, 0.25) is 5.91 Å². The summed E-state index contributed by atoms with van der Waals surface area (Å²) in [5.41, 5.74) is 1.09. The molecule has 1 aromatic carbocycles. The minimum atomic E-state index is 0.197. The summed E-state index contributed by atoms with van der Waals surface area (Å²) in [4.78, 5) is 19.3. The van der Waals surface area contributed by atoms with Crippen LogP contribution in [0.1, 0.15) is 30.7 Å². The van der Waals surface area contributed by atoms with Crippen molar-refractivity contribution < 1.29 is 4.79 Å². The molecule has 1 fully saturated rings. The monoisotopic (exact) mass is 436 g/mol. The Morgan fingerprint density at radius 2 is 1.89 bits per heavy atom. The number of benzene rings is 1. The summed E-state index contributed by atoms with van der Waals surface area (Å²) in [5.74, 6) is 2.09. The summed E-state index contributed by atoms with van der Waals surface area (Å²) in [7, 11) is 0. The number of thiazole rings is 1. The van der Waals surface area contributed by atoms with E-state index in [9.17, 15) is 4.79 Å².